The third kappa shape index (κ3) is 2.70. The van der Waals surface area contributed by atoms with E-state index >= 15 is 0 Å². The van der Waals surface area contributed by atoms with Crippen LogP contribution in [0.3, 0.4) is 0 Å². The van der Waals surface area contributed by atoms with Gasteiger partial charge in [-0.1, -0.05) is 43.7 Å². The first-order valence-corrected chi connectivity index (χ1v) is 6.66. The van der Waals surface area contributed by atoms with Gasteiger partial charge in [-0.3, -0.25) is 4.90 Å². The third-order valence-electron chi connectivity index (χ3n) is 4.07. The highest BCUT2D eigenvalue weighted by molar-refractivity contribution is 5.15. The van der Waals surface area contributed by atoms with Crippen molar-refractivity contribution in [3.8, 4) is 0 Å². The van der Waals surface area contributed by atoms with Crippen LogP contribution in [0.4, 0.5) is 0 Å². The summed E-state index contributed by atoms with van der Waals surface area (Å²) >= 11 is 0. The summed E-state index contributed by atoms with van der Waals surface area (Å²) in [6.45, 7) is 6.26. The van der Waals surface area contributed by atoms with Crippen LogP contribution in [0.1, 0.15) is 38.7 Å². The Kier molecular flexibility index (Phi) is 3.85. The van der Waals surface area contributed by atoms with Crippen LogP contribution in [0, 0.1) is 0 Å². The number of aliphatic hydroxyl groups is 1. The van der Waals surface area contributed by atoms with Crippen molar-refractivity contribution in [3.05, 3.63) is 35.9 Å². The van der Waals surface area contributed by atoms with Crippen molar-refractivity contribution in [1.29, 1.82) is 0 Å². The largest absolute Gasteiger partial charge is 0.388 e. The van der Waals surface area contributed by atoms with Crippen LogP contribution in [0.25, 0.3) is 0 Å². The van der Waals surface area contributed by atoms with Crippen LogP contribution in [0.15, 0.2) is 30.3 Å². The fourth-order valence-electron chi connectivity index (χ4n) is 2.88. The van der Waals surface area contributed by atoms with Crippen LogP contribution in [0.5, 0.6) is 0 Å². The Bertz CT molecular complexity index is 351. The van der Waals surface area contributed by atoms with E-state index in [1.54, 1.807) is 0 Å². The lowest BCUT2D eigenvalue weighted by Crippen LogP contribution is -2.42. The van der Waals surface area contributed by atoms with Gasteiger partial charge in [0.05, 0.1) is 5.60 Å². The number of likely N-dealkylation sites (tertiary alicyclic amines) is 1. The average molecular weight is 233 g/mol. The second-order valence-corrected chi connectivity index (χ2v) is 5.24. The van der Waals surface area contributed by atoms with Gasteiger partial charge >= 0.3 is 0 Å². The quantitative estimate of drug-likeness (QED) is 0.864. The molecule has 1 fully saturated rings. The SMILES string of the molecule is CCCC1(O)CCN(Cc2ccccc2)C1C. The fraction of sp³-hybridized carbons (Fsp3) is 0.600. The van der Waals surface area contributed by atoms with Crippen LogP contribution in [-0.4, -0.2) is 28.2 Å². The molecule has 0 saturated carbocycles. The van der Waals surface area contributed by atoms with Gasteiger partial charge in [-0.2, -0.15) is 0 Å². The van der Waals surface area contributed by atoms with Gasteiger partial charge in [0, 0.05) is 19.1 Å². The molecule has 1 N–H and O–H groups in total. The molecule has 2 nitrogen and oxygen atoms in total. The summed E-state index contributed by atoms with van der Waals surface area (Å²) in [5, 5.41) is 10.6. The molecule has 2 heteroatoms. The molecule has 1 heterocycles. The molecule has 1 aliphatic heterocycles. The maximum absolute atomic E-state index is 10.6. The lowest BCUT2D eigenvalue weighted by Gasteiger charge is -2.31. The highest BCUT2D eigenvalue weighted by Crippen LogP contribution is 2.33. The minimum Gasteiger partial charge on any atom is -0.388 e. The molecule has 0 amide bonds. The Hall–Kier alpha value is -0.860. The Labute approximate surface area is 104 Å². The minimum absolute atomic E-state index is 0.266. The van der Waals surface area contributed by atoms with E-state index in [0.717, 1.165) is 32.4 Å². The van der Waals surface area contributed by atoms with Crippen molar-refractivity contribution in [2.24, 2.45) is 0 Å². The smallest absolute Gasteiger partial charge is 0.0811 e. The molecule has 0 aromatic heterocycles. The zero-order valence-corrected chi connectivity index (χ0v) is 10.9. The van der Waals surface area contributed by atoms with Gasteiger partial charge in [-0.25, -0.2) is 0 Å². The first-order valence-electron chi connectivity index (χ1n) is 6.66. The van der Waals surface area contributed by atoms with Gasteiger partial charge in [-0.15, -0.1) is 0 Å². The summed E-state index contributed by atoms with van der Waals surface area (Å²) in [5.41, 5.74) is 0.865. The van der Waals surface area contributed by atoms with E-state index in [9.17, 15) is 5.11 Å². The van der Waals surface area contributed by atoms with Gasteiger partial charge < -0.3 is 5.11 Å². The molecule has 2 rings (SSSR count). The maximum Gasteiger partial charge on any atom is 0.0811 e. The molecule has 1 aliphatic rings. The molecule has 1 aromatic carbocycles. The molecule has 1 aromatic rings. The highest BCUT2D eigenvalue weighted by atomic mass is 16.3. The lowest BCUT2D eigenvalue weighted by molar-refractivity contribution is 0.000982. The lowest BCUT2D eigenvalue weighted by atomic mass is 9.91. The average Bonchev–Trinajstić information content (AvgIpc) is 2.60. The first-order chi connectivity index (χ1) is 8.15. The van der Waals surface area contributed by atoms with Crippen LogP contribution in [0.2, 0.25) is 0 Å². The fourth-order valence-corrected chi connectivity index (χ4v) is 2.88. The number of hydrogen-bond acceptors (Lipinski definition) is 2. The van der Waals surface area contributed by atoms with E-state index < -0.39 is 5.60 Å². The van der Waals surface area contributed by atoms with Gasteiger partial charge in [0.1, 0.15) is 0 Å². The Morgan fingerprint density at radius 1 is 1.35 bits per heavy atom. The van der Waals surface area contributed by atoms with E-state index in [1.807, 2.05) is 6.07 Å². The van der Waals surface area contributed by atoms with E-state index in [1.165, 1.54) is 5.56 Å². The molecule has 94 valence electrons. The molecule has 0 spiro atoms. The first kappa shape index (κ1) is 12.6. The number of nitrogens with zero attached hydrogens (tertiary/aromatic N) is 1. The third-order valence-corrected chi connectivity index (χ3v) is 4.07. The van der Waals surface area contributed by atoms with E-state index in [4.69, 9.17) is 0 Å². The standard InChI is InChI=1S/C15H23NO/c1-3-9-15(17)10-11-16(13(15)2)12-14-7-5-4-6-8-14/h4-8,13,17H,3,9-12H2,1-2H3. The molecule has 2 atom stereocenters. The zero-order valence-electron chi connectivity index (χ0n) is 10.9. The molecule has 0 aliphatic carbocycles. The monoisotopic (exact) mass is 233 g/mol. The van der Waals surface area contributed by atoms with Crippen molar-refractivity contribution >= 4 is 0 Å². The maximum atomic E-state index is 10.6. The van der Waals surface area contributed by atoms with Gasteiger partial charge in [-0.05, 0) is 25.3 Å². The molecule has 17 heavy (non-hydrogen) atoms. The predicted molar refractivity (Wildman–Crippen MR) is 70.8 cm³/mol. The summed E-state index contributed by atoms with van der Waals surface area (Å²) in [6, 6.07) is 10.8. The molecule has 2 unspecified atom stereocenters. The molecule has 1 saturated heterocycles. The van der Waals surface area contributed by atoms with Crippen LogP contribution < -0.4 is 0 Å². The summed E-state index contributed by atoms with van der Waals surface area (Å²) < 4.78 is 0. The number of rotatable bonds is 4. The van der Waals surface area contributed by atoms with Crippen molar-refractivity contribution in [2.45, 2.75) is 51.3 Å². The predicted octanol–water partition coefficient (Wildman–Crippen LogP) is 2.81. The summed E-state index contributed by atoms with van der Waals surface area (Å²) in [5.74, 6) is 0. The second-order valence-electron chi connectivity index (χ2n) is 5.24. The molecule has 0 bridgehead atoms. The van der Waals surface area contributed by atoms with Crippen LogP contribution >= 0.6 is 0 Å². The Morgan fingerprint density at radius 2 is 2.06 bits per heavy atom. The molecule has 0 radical (unpaired) electrons. The topological polar surface area (TPSA) is 23.5 Å². The van der Waals surface area contributed by atoms with E-state index in [0.29, 0.717) is 0 Å². The van der Waals surface area contributed by atoms with Crippen molar-refractivity contribution in [2.75, 3.05) is 6.54 Å². The summed E-state index contributed by atoms with van der Waals surface area (Å²) in [7, 11) is 0. The number of hydrogen-bond donors (Lipinski definition) is 1. The minimum atomic E-state index is -0.469. The normalized spacial score (nSPS) is 29.7. The number of benzene rings is 1. The van der Waals surface area contributed by atoms with Gasteiger partial charge in [0.25, 0.3) is 0 Å². The summed E-state index contributed by atoms with van der Waals surface area (Å²) in [6.07, 6.45) is 2.88. The van der Waals surface area contributed by atoms with Crippen LogP contribution in [-0.2, 0) is 6.54 Å². The highest BCUT2D eigenvalue weighted by Gasteiger charge is 2.42. The van der Waals surface area contributed by atoms with Gasteiger partial charge in [0.2, 0.25) is 0 Å². The second kappa shape index (κ2) is 5.19. The van der Waals surface area contributed by atoms with Crippen molar-refractivity contribution in [3.63, 3.8) is 0 Å². The van der Waals surface area contributed by atoms with E-state index in [-0.39, 0.29) is 6.04 Å². The Morgan fingerprint density at radius 3 is 2.71 bits per heavy atom. The van der Waals surface area contributed by atoms with Crippen molar-refractivity contribution in [1.82, 2.24) is 4.90 Å². The van der Waals surface area contributed by atoms with Gasteiger partial charge in [0.15, 0.2) is 0 Å². The van der Waals surface area contributed by atoms with Crippen molar-refractivity contribution < 1.29 is 5.11 Å². The van der Waals surface area contributed by atoms with E-state index in [2.05, 4.69) is 43.0 Å². The molecular weight excluding hydrogens is 210 g/mol. The summed E-state index contributed by atoms with van der Waals surface area (Å²) in [4.78, 5) is 2.39. The molecular formula is C15H23NO. The zero-order chi connectivity index (χ0) is 12.3. The Balaban J connectivity index is 2.01.